The number of hydrogen-bond donors (Lipinski definition) is 1. The lowest BCUT2D eigenvalue weighted by atomic mass is 10.0. The van der Waals surface area contributed by atoms with Crippen LogP contribution in [0.25, 0.3) is 10.9 Å². The lowest BCUT2D eigenvalue weighted by molar-refractivity contribution is -0.133. The van der Waals surface area contributed by atoms with Gasteiger partial charge in [-0.2, -0.15) is 0 Å². The predicted octanol–water partition coefficient (Wildman–Crippen LogP) is 1.69. The highest BCUT2D eigenvalue weighted by atomic mass is 16.2. The lowest BCUT2D eigenvalue weighted by Gasteiger charge is -2.35. The molecule has 1 amide bonds. The Bertz CT molecular complexity index is 730. The van der Waals surface area contributed by atoms with Crippen molar-refractivity contribution in [2.24, 2.45) is 0 Å². The molecule has 0 radical (unpaired) electrons. The van der Waals surface area contributed by atoms with Crippen molar-refractivity contribution >= 4 is 16.8 Å². The highest BCUT2D eigenvalue weighted by Crippen LogP contribution is 2.27. The van der Waals surface area contributed by atoms with Crippen LogP contribution in [-0.4, -0.2) is 71.4 Å². The Morgan fingerprint density at radius 2 is 1.83 bits per heavy atom. The van der Waals surface area contributed by atoms with E-state index in [9.17, 15) is 4.79 Å². The number of benzene rings is 1. The molecular weight excluding hydrogens is 300 g/mol. The van der Waals surface area contributed by atoms with Gasteiger partial charge in [-0.15, -0.1) is 0 Å². The molecule has 1 aromatic heterocycles. The van der Waals surface area contributed by atoms with Gasteiger partial charge in [0.15, 0.2) is 0 Å². The summed E-state index contributed by atoms with van der Waals surface area (Å²) in [6.45, 7) is 9.62. The summed E-state index contributed by atoms with van der Waals surface area (Å²) in [6, 6.07) is 8.41. The van der Waals surface area contributed by atoms with Crippen molar-refractivity contribution in [2.75, 3.05) is 45.8 Å². The van der Waals surface area contributed by atoms with Crippen LogP contribution in [-0.2, 0) is 17.8 Å². The van der Waals surface area contributed by atoms with E-state index < -0.39 is 0 Å². The van der Waals surface area contributed by atoms with Crippen molar-refractivity contribution in [3.63, 3.8) is 0 Å². The SMILES string of the molecule is CCN1CCN(CC(=O)N2CCc3[nH]c4ccccc4c3C2)CC1. The number of hydrogen-bond acceptors (Lipinski definition) is 3. The van der Waals surface area contributed by atoms with Crippen molar-refractivity contribution < 1.29 is 4.79 Å². The third kappa shape index (κ3) is 2.94. The first-order chi connectivity index (χ1) is 11.7. The van der Waals surface area contributed by atoms with Crippen LogP contribution < -0.4 is 0 Å². The number of para-hydroxylation sites is 1. The van der Waals surface area contributed by atoms with Gasteiger partial charge in [0.1, 0.15) is 0 Å². The number of aromatic nitrogens is 1. The van der Waals surface area contributed by atoms with Crippen molar-refractivity contribution in [3.05, 3.63) is 35.5 Å². The molecule has 0 saturated carbocycles. The van der Waals surface area contributed by atoms with E-state index in [0.717, 1.165) is 52.2 Å². The number of rotatable bonds is 3. The molecular formula is C19H26N4O. The molecule has 2 aliphatic heterocycles. The molecule has 0 unspecified atom stereocenters. The zero-order valence-electron chi connectivity index (χ0n) is 14.4. The molecule has 5 nitrogen and oxygen atoms in total. The normalized spacial score (nSPS) is 19.6. The Hall–Kier alpha value is -1.85. The van der Waals surface area contributed by atoms with Gasteiger partial charge >= 0.3 is 0 Å². The minimum absolute atomic E-state index is 0.274. The van der Waals surface area contributed by atoms with E-state index in [1.165, 1.54) is 22.2 Å². The van der Waals surface area contributed by atoms with E-state index in [4.69, 9.17) is 0 Å². The Morgan fingerprint density at radius 3 is 2.62 bits per heavy atom. The predicted molar refractivity (Wildman–Crippen MR) is 96.0 cm³/mol. The minimum Gasteiger partial charge on any atom is -0.358 e. The number of carbonyl (C=O) groups is 1. The second-order valence-electron chi connectivity index (χ2n) is 6.90. The third-order valence-electron chi connectivity index (χ3n) is 5.51. The van der Waals surface area contributed by atoms with E-state index in [0.29, 0.717) is 6.54 Å². The number of likely N-dealkylation sites (N-methyl/N-ethyl adjacent to an activating group) is 1. The van der Waals surface area contributed by atoms with E-state index in [1.807, 2.05) is 4.90 Å². The number of nitrogens with zero attached hydrogens (tertiary/aromatic N) is 3. The fourth-order valence-electron chi connectivity index (χ4n) is 3.93. The molecule has 0 bridgehead atoms. The topological polar surface area (TPSA) is 42.6 Å². The second-order valence-corrected chi connectivity index (χ2v) is 6.90. The molecule has 24 heavy (non-hydrogen) atoms. The van der Waals surface area contributed by atoms with Crippen LogP contribution in [0.5, 0.6) is 0 Å². The standard InChI is InChI=1S/C19H26N4O/c1-2-21-9-11-22(12-10-21)14-19(24)23-8-7-18-16(13-23)15-5-3-4-6-17(15)20-18/h3-6,20H,2,7-14H2,1H3. The molecule has 1 fully saturated rings. The molecule has 0 aliphatic carbocycles. The second kappa shape index (κ2) is 6.57. The van der Waals surface area contributed by atoms with Gasteiger partial charge < -0.3 is 14.8 Å². The van der Waals surface area contributed by atoms with Crippen LogP contribution in [0, 0.1) is 0 Å². The van der Waals surface area contributed by atoms with Crippen LogP contribution >= 0.6 is 0 Å². The van der Waals surface area contributed by atoms with E-state index >= 15 is 0 Å². The summed E-state index contributed by atoms with van der Waals surface area (Å²) in [7, 11) is 0. The quantitative estimate of drug-likeness (QED) is 0.933. The number of H-pyrrole nitrogens is 1. The number of fused-ring (bicyclic) bond motifs is 3. The zero-order valence-corrected chi connectivity index (χ0v) is 14.4. The van der Waals surface area contributed by atoms with Crippen molar-refractivity contribution in [1.29, 1.82) is 0 Å². The lowest BCUT2D eigenvalue weighted by Crippen LogP contribution is -2.50. The van der Waals surface area contributed by atoms with Gasteiger partial charge in [-0.3, -0.25) is 9.69 Å². The molecule has 1 saturated heterocycles. The average Bonchev–Trinajstić information content (AvgIpc) is 3.00. The van der Waals surface area contributed by atoms with Crippen LogP contribution in [0.2, 0.25) is 0 Å². The van der Waals surface area contributed by atoms with E-state index in [-0.39, 0.29) is 5.91 Å². The van der Waals surface area contributed by atoms with Crippen molar-refractivity contribution in [2.45, 2.75) is 19.9 Å². The van der Waals surface area contributed by atoms with Crippen LogP contribution in [0.1, 0.15) is 18.2 Å². The maximum Gasteiger partial charge on any atom is 0.237 e. The summed E-state index contributed by atoms with van der Waals surface area (Å²) in [6.07, 6.45) is 0.930. The highest BCUT2D eigenvalue weighted by molar-refractivity contribution is 5.86. The Kier molecular flexibility index (Phi) is 4.29. The van der Waals surface area contributed by atoms with E-state index in [1.54, 1.807) is 0 Å². The number of nitrogens with one attached hydrogen (secondary N) is 1. The molecule has 2 aromatic rings. The smallest absolute Gasteiger partial charge is 0.237 e. The molecule has 1 N–H and O–H groups in total. The summed E-state index contributed by atoms with van der Waals surface area (Å²) in [5.41, 5.74) is 3.80. The molecule has 0 spiro atoms. The Labute approximate surface area is 143 Å². The summed E-state index contributed by atoms with van der Waals surface area (Å²) in [5.74, 6) is 0.274. The molecule has 5 heteroatoms. The highest BCUT2D eigenvalue weighted by Gasteiger charge is 2.26. The zero-order chi connectivity index (χ0) is 16.5. The summed E-state index contributed by atoms with van der Waals surface area (Å²) in [5, 5.41) is 1.27. The molecule has 1 aromatic carbocycles. The van der Waals surface area contributed by atoms with Crippen LogP contribution in [0.3, 0.4) is 0 Å². The van der Waals surface area contributed by atoms with Crippen molar-refractivity contribution in [1.82, 2.24) is 19.7 Å². The maximum atomic E-state index is 12.7. The van der Waals surface area contributed by atoms with Gasteiger partial charge in [0.2, 0.25) is 5.91 Å². The molecule has 0 atom stereocenters. The summed E-state index contributed by atoms with van der Waals surface area (Å²) in [4.78, 5) is 23.0. The van der Waals surface area contributed by atoms with Gasteiger partial charge in [0.25, 0.3) is 0 Å². The first-order valence-corrected chi connectivity index (χ1v) is 9.05. The minimum atomic E-state index is 0.274. The largest absolute Gasteiger partial charge is 0.358 e. The molecule has 3 heterocycles. The van der Waals surface area contributed by atoms with Crippen LogP contribution in [0.15, 0.2) is 24.3 Å². The third-order valence-corrected chi connectivity index (χ3v) is 5.51. The first kappa shape index (κ1) is 15.7. The van der Waals surface area contributed by atoms with Crippen molar-refractivity contribution in [3.8, 4) is 0 Å². The Morgan fingerprint density at radius 1 is 1.08 bits per heavy atom. The van der Waals surface area contributed by atoms with Gasteiger partial charge in [-0.25, -0.2) is 0 Å². The number of aromatic amines is 1. The molecule has 128 valence electrons. The maximum absolute atomic E-state index is 12.7. The fourth-order valence-corrected chi connectivity index (χ4v) is 3.93. The van der Waals surface area contributed by atoms with Gasteiger partial charge in [0, 0.05) is 67.8 Å². The Balaban J connectivity index is 1.42. The summed E-state index contributed by atoms with van der Waals surface area (Å²) < 4.78 is 0. The number of piperazine rings is 1. The van der Waals surface area contributed by atoms with Gasteiger partial charge in [-0.05, 0) is 12.6 Å². The molecule has 4 rings (SSSR count). The van der Waals surface area contributed by atoms with E-state index in [2.05, 4.69) is 46.0 Å². The van der Waals surface area contributed by atoms with Crippen LogP contribution in [0.4, 0.5) is 0 Å². The number of carbonyl (C=O) groups excluding carboxylic acids is 1. The number of amides is 1. The molecule has 2 aliphatic rings. The average molecular weight is 326 g/mol. The summed E-state index contributed by atoms with van der Waals surface area (Å²) >= 11 is 0. The van der Waals surface area contributed by atoms with Gasteiger partial charge in [-0.1, -0.05) is 25.1 Å². The fraction of sp³-hybridized carbons (Fsp3) is 0.526. The first-order valence-electron chi connectivity index (χ1n) is 9.05. The van der Waals surface area contributed by atoms with Gasteiger partial charge in [0.05, 0.1) is 6.54 Å². The monoisotopic (exact) mass is 326 g/mol.